The Labute approximate surface area is 116 Å². The number of nitrogens with one attached hydrogen (secondary N) is 1. The zero-order chi connectivity index (χ0) is 13.4. The van der Waals surface area contributed by atoms with Crippen LogP contribution in [0.25, 0.3) is 5.52 Å². The van der Waals surface area contributed by atoms with Gasteiger partial charge in [-0.05, 0) is 38.9 Å². The molecule has 6 nitrogen and oxygen atoms in total. The molecule has 1 N–H and O–H groups in total. The number of likely N-dealkylation sites (tertiary alicyclic amines) is 1. The molecule has 0 radical (unpaired) electrons. The second-order valence-corrected chi connectivity index (χ2v) is 5.51. The van der Waals surface area contributed by atoms with Crippen molar-refractivity contribution in [2.75, 3.05) is 25.5 Å². The maximum Gasteiger partial charge on any atom is 0.244 e. The zero-order valence-corrected chi connectivity index (χ0v) is 11.9. The van der Waals surface area contributed by atoms with E-state index in [1.54, 1.807) is 10.7 Å². The molecular weight excluding hydrogens is 264 g/mol. The van der Waals surface area contributed by atoms with Crippen LogP contribution in [0.4, 0.5) is 5.95 Å². The van der Waals surface area contributed by atoms with Gasteiger partial charge in [-0.3, -0.25) is 0 Å². The van der Waals surface area contributed by atoms with Crippen LogP contribution in [0.3, 0.4) is 0 Å². The molecule has 102 valence electrons. The monoisotopic (exact) mass is 280 g/mol. The number of halogens is 1. The predicted molar refractivity (Wildman–Crippen MR) is 74.7 cm³/mol. The Morgan fingerprint density at radius 3 is 3.05 bits per heavy atom. The fraction of sp³-hybridized carbons (Fsp3) is 0.583. The quantitative estimate of drug-likeness (QED) is 0.905. The Bertz CT molecular complexity index is 595. The molecule has 1 aliphatic heterocycles. The molecule has 7 heteroatoms. The van der Waals surface area contributed by atoms with E-state index < -0.39 is 0 Å². The lowest BCUT2D eigenvalue weighted by molar-refractivity contribution is 0.260. The molecule has 19 heavy (non-hydrogen) atoms. The van der Waals surface area contributed by atoms with Gasteiger partial charge in [-0.15, -0.1) is 10.2 Å². The van der Waals surface area contributed by atoms with E-state index in [4.69, 9.17) is 11.6 Å². The third-order valence-electron chi connectivity index (χ3n) is 3.54. The van der Waals surface area contributed by atoms with Gasteiger partial charge in [0.05, 0.1) is 6.20 Å². The van der Waals surface area contributed by atoms with Crippen LogP contribution in [0.15, 0.2) is 6.20 Å². The summed E-state index contributed by atoms with van der Waals surface area (Å²) >= 11 is 6.07. The van der Waals surface area contributed by atoms with Crippen LogP contribution in [-0.2, 0) is 0 Å². The van der Waals surface area contributed by atoms with Gasteiger partial charge in [0.1, 0.15) is 5.52 Å². The molecule has 1 fully saturated rings. The smallest absolute Gasteiger partial charge is 0.244 e. The summed E-state index contributed by atoms with van der Waals surface area (Å²) in [5.41, 5.74) is 1.83. The van der Waals surface area contributed by atoms with Crippen LogP contribution in [0.5, 0.6) is 0 Å². The first-order chi connectivity index (χ1) is 9.15. The van der Waals surface area contributed by atoms with Crippen molar-refractivity contribution < 1.29 is 0 Å². The summed E-state index contributed by atoms with van der Waals surface area (Å²) in [6.07, 6.45) is 4.11. The van der Waals surface area contributed by atoms with Gasteiger partial charge in [-0.1, -0.05) is 11.6 Å². The molecule has 2 aromatic heterocycles. The average molecular weight is 281 g/mol. The summed E-state index contributed by atoms with van der Waals surface area (Å²) in [7, 11) is 2.13. The van der Waals surface area contributed by atoms with Crippen LogP contribution in [0.1, 0.15) is 18.4 Å². The van der Waals surface area contributed by atoms with Crippen LogP contribution >= 0.6 is 11.6 Å². The first kappa shape index (κ1) is 12.6. The molecular formula is C12H17ClN6. The molecule has 0 spiro atoms. The normalized spacial score (nSPS) is 20.9. The van der Waals surface area contributed by atoms with Crippen LogP contribution < -0.4 is 5.32 Å². The van der Waals surface area contributed by atoms with E-state index in [9.17, 15) is 0 Å². The molecule has 3 rings (SSSR count). The summed E-state index contributed by atoms with van der Waals surface area (Å²) in [4.78, 5) is 2.32. The van der Waals surface area contributed by atoms with Crippen molar-refractivity contribution in [3.63, 3.8) is 0 Å². The Morgan fingerprint density at radius 2 is 2.26 bits per heavy atom. The molecule has 0 amide bonds. The van der Waals surface area contributed by atoms with Crippen molar-refractivity contribution in [3.05, 3.63) is 16.9 Å². The van der Waals surface area contributed by atoms with Crippen LogP contribution in [0.2, 0.25) is 5.15 Å². The third kappa shape index (κ3) is 2.37. The van der Waals surface area contributed by atoms with E-state index in [1.165, 1.54) is 6.42 Å². The fourth-order valence-electron chi connectivity index (χ4n) is 2.58. The van der Waals surface area contributed by atoms with E-state index in [-0.39, 0.29) is 0 Å². The number of anilines is 1. The van der Waals surface area contributed by atoms with Gasteiger partial charge in [0.25, 0.3) is 0 Å². The average Bonchev–Trinajstić information content (AvgIpc) is 2.76. The maximum atomic E-state index is 6.07. The Kier molecular flexibility index (Phi) is 3.28. The van der Waals surface area contributed by atoms with Crippen molar-refractivity contribution in [3.8, 4) is 0 Å². The molecule has 0 bridgehead atoms. The topological polar surface area (TPSA) is 58.4 Å². The number of likely N-dealkylation sites (N-methyl/N-ethyl adjacent to an activating group) is 1. The SMILES string of the molecule is Cc1cnn2c(NC3CCCN(C)C3)nnc(Cl)c12. The number of aromatic nitrogens is 4. The lowest BCUT2D eigenvalue weighted by atomic mass is 10.1. The highest BCUT2D eigenvalue weighted by molar-refractivity contribution is 6.32. The third-order valence-corrected chi connectivity index (χ3v) is 3.79. The minimum atomic E-state index is 0.377. The lowest BCUT2D eigenvalue weighted by Gasteiger charge is -2.30. The van der Waals surface area contributed by atoms with E-state index in [0.717, 1.165) is 30.6 Å². The predicted octanol–water partition coefficient (Wildman–Crippen LogP) is 1.59. The molecule has 0 aromatic carbocycles. The van der Waals surface area contributed by atoms with Gasteiger partial charge in [0.15, 0.2) is 5.15 Å². The van der Waals surface area contributed by atoms with Gasteiger partial charge in [-0.2, -0.15) is 9.61 Å². The second-order valence-electron chi connectivity index (χ2n) is 5.15. The van der Waals surface area contributed by atoms with Gasteiger partial charge in [0, 0.05) is 12.6 Å². The first-order valence-corrected chi connectivity index (χ1v) is 6.84. The molecule has 0 saturated carbocycles. The van der Waals surface area contributed by atoms with Gasteiger partial charge in [0.2, 0.25) is 5.95 Å². The van der Waals surface area contributed by atoms with E-state index in [1.807, 2.05) is 6.92 Å². The number of piperidine rings is 1. The largest absolute Gasteiger partial charge is 0.349 e. The maximum absolute atomic E-state index is 6.07. The number of aryl methyl sites for hydroxylation is 1. The van der Waals surface area contributed by atoms with E-state index in [2.05, 4.69) is 32.6 Å². The summed E-state index contributed by atoms with van der Waals surface area (Å²) < 4.78 is 1.74. The van der Waals surface area contributed by atoms with Crippen LogP contribution in [-0.4, -0.2) is 50.9 Å². The molecule has 0 aliphatic carbocycles. The van der Waals surface area contributed by atoms with Crippen molar-refractivity contribution >= 4 is 23.1 Å². The van der Waals surface area contributed by atoms with Gasteiger partial charge in [-0.25, -0.2) is 0 Å². The number of fused-ring (bicyclic) bond motifs is 1. The lowest BCUT2D eigenvalue weighted by Crippen LogP contribution is -2.40. The van der Waals surface area contributed by atoms with Crippen molar-refractivity contribution in [2.24, 2.45) is 0 Å². The standard InChI is InChI=1S/C12H17ClN6/c1-8-6-14-19-10(8)11(13)16-17-12(19)15-9-4-3-5-18(2)7-9/h6,9H,3-5,7H2,1-2H3,(H,15,17). The van der Waals surface area contributed by atoms with Gasteiger partial charge < -0.3 is 10.2 Å². The van der Waals surface area contributed by atoms with Crippen molar-refractivity contribution in [1.29, 1.82) is 0 Å². The first-order valence-electron chi connectivity index (χ1n) is 6.47. The zero-order valence-electron chi connectivity index (χ0n) is 11.1. The molecule has 2 aromatic rings. The van der Waals surface area contributed by atoms with E-state index >= 15 is 0 Å². The highest BCUT2D eigenvalue weighted by Crippen LogP contribution is 2.21. The van der Waals surface area contributed by atoms with E-state index in [0.29, 0.717) is 17.1 Å². The van der Waals surface area contributed by atoms with Crippen LogP contribution in [0, 0.1) is 6.92 Å². The minimum absolute atomic E-state index is 0.377. The Hall–Kier alpha value is -1.40. The second kappa shape index (κ2) is 4.94. The molecule has 1 atom stereocenters. The summed E-state index contributed by atoms with van der Waals surface area (Å²) in [5, 5.41) is 16.3. The summed E-state index contributed by atoms with van der Waals surface area (Å²) in [6.45, 7) is 4.13. The fourth-order valence-corrected chi connectivity index (χ4v) is 2.85. The Balaban J connectivity index is 1.91. The number of rotatable bonds is 2. The summed E-state index contributed by atoms with van der Waals surface area (Å²) in [6, 6.07) is 0.377. The minimum Gasteiger partial charge on any atom is -0.349 e. The van der Waals surface area contributed by atoms with Gasteiger partial charge >= 0.3 is 0 Å². The Morgan fingerprint density at radius 1 is 1.42 bits per heavy atom. The number of hydrogen-bond acceptors (Lipinski definition) is 5. The number of nitrogens with zero attached hydrogens (tertiary/aromatic N) is 5. The number of hydrogen-bond donors (Lipinski definition) is 1. The highest BCUT2D eigenvalue weighted by Gasteiger charge is 2.19. The molecule has 1 aliphatic rings. The molecule has 1 saturated heterocycles. The molecule has 3 heterocycles. The highest BCUT2D eigenvalue weighted by atomic mass is 35.5. The van der Waals surface area contributed by atoms with Crippen molar-refractivity contribution in [1.82, 2.24) is 24.7 Å². The van der Waals surface area contributed by atoms with Crippen molar-refractivity contribution in [2.45, 2.75) is 25.8 Å². The summed E-state index contributed by atoms with van der Waals surface area (Å²) in [5.74, 6) is 0.660. The molecule has 1 unspecified atom stereocenters.